The van der Waals surface area contributed by atoms with Gasteiger partial charge in [-0.2, -0.15) is 0 Å². The van der Waals surface area contributed by atoms with Crippen LogP contribution in [0.3, 0.4) is 0 Å². The molecule has 0 aromatic rings. The molecule has 2 aliphatic heterocycles. The smallest absolute Gasteiger partial charge is 0.0590 e. The predicted molar refractivity (Wildman–Crippen MR) is 65.4 cm³/mol. The molecule has 0 bridgehead atoms. The van der Waals surface area contributed by atoms with Crippen LogP contribution in [0, 0.1) is 0 Å². The molecule has 2 heterocycles. The Morgan fingerprint density at radius 2 is 1.20 bits per heavy atom. The summed E-state index contributed by atoms with van der Waals surface area (Å²) in [6.07, 6.45) is 1.17. The molecule has 0 spiro atoms. The van der Waals surface area contributed by atoms with Crippen molar-refractivity contribution < 1.29 is 4.74 Å². The molecule has 2 saturated heterocycles. The average Bonchev–Trinajstić information content (AvgIpc) is 2.67. The molecule has 0 unspecified atom stereocenters. The van der Waals surface area contributed by atoms with Gasteiger partial charge in [-0.05, 0) is 13.0 Å². The molecular formula is C11H27N3O. The van der Waals surface area contributed by atoms with Crippen molar-refractivity contribution in [3.63, 3.8) is 0 Å². The number of hydrogen-bond acceptors (Lipinski definition) is 4. The van der Waals surface area contributed by atoms with E-state index < -0.39 is 0 Å². The molecule has 0 aromatic heterocycles. The summed E-state index contributed by atoms with van der Waals surface area (Å²) in [5, 5.41) is 9.67. The molecule has 92 valence electrons. The first-order valence-corrected chi connectivity index (χ1v) is 6.20. The van der Waals surface area contributed by atoms with E-state index in [1.54, 1.807) is 0 Å². The third-order valence-corrected chi connectivity index (χ3v) is 2.02. The van der Waals surface area contributed by atoms with Crippen LogP contribution in [0.25, 0.3) is 0 Å². The summed E-state index contributed by atoms with van der Waals surface area (Å²) in [5.41, 5.74) is 0. The lowest BCUT2D eigenvalue weighted by Crippen LogP contribution is -2.39. The minimum atomic E-state index is 0.889. The fourth-order valence-electron chi connectivity index (χ4n) is 1.27. The molecule has 0 saturated carbocycles. The van der Waals surface area contributed by atoms with Crippen molar-refractivity contribution in [3.8, 4) is 0 Å². The van der Waals surface area contributed by atoms with E-state index in [1.165, 1.54) is 6.42 Å². The number of rotatable bonds is 0. The van der Waals surface area contributed by atoms with Gasteiger partial charge in [-0.25, -0.2) is 0 Å². The van der Waals surface area contributed by atoms with Crippen LogP contribution in [0.1, 0.15) is 20.3 Å². The second kappa shape index (κ2) is 13.8. The van der Waals surface area contributed by atoms with E-state index in [9.17, 15) is 0 Å². The Balaban J connectivity index is 0.000000227. The monoisotopic (exact) mass is 217 g/mol. The van der Waals surface area contributed by atoms with E-state index >= 15 is 0 Å². The van der Waals surface area contributed by atoms with Gasteiger partial charge in [0.15, 0.2) is 0 Å². The third-order valence-electron chi connectivity index (χ3n) is 2.02. The largest absolute Gasteiger partial charge is 0.380 e. The molecule has 0 aromatic carbocycles. The molecule has 0 atom stereocenters. The van der Waals surface area contributed by atoms with Crippen molar-refractivity contribution in [1.82, 2.24) is 16.0 Å². The van der Waals surface area contributed by atoms with Crippen LogP contribution in [0.2, 0.25) is 0 Å². The van der Waals surface area contributed by atoms with Gasteiger partial charge in [0.2, 0.25) is 0 Å². The lowest BCUT2D eigenvalue weighted by molar-refractivity contribution is 0.151. The van der Waals surface area contributed by atoms with Crippen LogP contribution in [0.5, 0.6) is 0 Å². The Bertz CT molecular complexity index is 76.8. The van der Waals surface area contributed by atoms with E-state index in [1.807, 2.05) is 13.8 Å². The summed E-state index contributed by atoms with van der Waals surface area (Å²) in [6.45, 7) is 12.5. The summed E-state index contributed by atoms with van der Waals surface area (Å²) in [5.74, 6) is 0. The summed E-state index contributed by atoms with van der Waals surface area (Å²) in [7, 11) is 0. The minimum absolute atomic E-state index is 0.889. The quantitative estimate of drug-likeness (QED) is 0.542. The molecule has 4 nitrogen and oxygen atoms in total. The van der Waals surface area contributed by atoms with Gasteiger partial charge in [0.25, 0.3) is 0 Å². The second-order valence-corrected chi connectivity index (χ2v) is 3.22. The zero-order valence-corrected chi connectivity index (χ0v) is 10.3. The van der Waals surface area contributed by atoms with Gasteiger partial charge in [0.05, 0.1) is 6.61 Å². The number of piperazine rings is 1. The van der Waals surface area contributed by atoms with E-state index in [0.717, 1.165) is 52.5 Å². The van der Waals surface area contributed by atoms with E-state index in [4.69, 9.17) is 4.74 Å². The van der Waals surface area contributed by atoms with Crippen molar-refractivity contribution in [1.29, 1.82) is 0 Å². The lowest BCUT2D eigenvalue weighted by atomic mass is 10.4. The normalized spacial score (nSPS) is 21.2. The average molecular weight is 217 g/mol. The molecule has 2 rings (SSSR count). The molecular weight excluding hydrogens is 190 g/mol. The van der Waals surface area contributed by atoms with Crippen molar-refractivity contribution in [2.24, 2.45) is 0 Å². The molecule has 3 N–H and O–H groups in total. The van der Waals surface area contributed by atoms with Crippen LogP contribution in [0.15, 0.2) is 0 Å². The van der Waals surface area contributed by atoms with Gasteiger partial charge in [0.1, 0.15) is 0 Å². The van der Waals surface area contributed by atoms with E-state index in [0.29, 0.717) is 0 Å². The minimum Gasteiger partial charge on any atom is -0.380 e. The molecule has 0 amide bonds. The van der Waals surface area contributed by atoms with Crippen LogP contribution in [-0.4, -0.2) is 52.5 Å². The van der Waals surface area contributed by atoms with Crippen LogP contribution in [0.4, 0.5) is 0 Å². The van der Waals surface area contributed by atoms with Crippen molar-refractivity contribution in [3.05, 3.63) is 0 Å². The molecule has 2 aliphatic rings. The van der Waals surface area contributed by atoms with Crippen molar-refractivity contribution >= 4 is 0 Å². The van der Waals surface area contributed by atoms with Crippen LogP contribution >= 0.6 is 0 Å². The fraction of sp³-hybridized carbons (Fsp3) is 1.00. The maximum absolute atomic E-state index is 5.13. The molecule has 15 heavy (non-hydrogen) atoms. The Labute approximate surface area is 94.2 Å². The van der Waals surface area contributed by atoms with Gasteiger partial charge >= 0.3 is 0 Å². The van der Waals surface area contributed by atoms with Gasteiger partial charge in [-0.15, -0.1) is 0 Å². The number of nitrogens with one attached hydrogen (secondary N) is 3. The van der Waals surface area contributed by atoms with Gasteiger partial charge in [-0.1, -0.05) is 13.8 Å². The van der Waals surface area contributed by atoms with Crippen LogP contribution in [-0.2, 0) is 4.74 Å². The summed E-state index contributed by atoms with van der Waals surface area (Å²) < 4.78 is 5.13. The zero-order valence-electron chi connectivity index (χ0n) is 10.3. The Morgan fingerprint density at radius 3 is 1.73 bits per heavy atom. The second-order valence-electron chi connectivity index (χ2n) is 3.22. The molecule has 0 radical (unpaired) electrons. The summed E-state index contributed by atoms with van der Waals surface area (Å²) >= 11 is 0. The number of hydrogen-bond donors (Lipinski definition) is 3. The summed E-state index contributed by atoms with van der Waals surface area (Å²) in [4.78, 5) is 0. The maximum Gasteiger partial charge on any atom is 0.0590 e. The lowest BCUT2D eigenvalue weighted by Gasteiger charge is -2.11. The first-order chi connectivity index (χ1) is 7.50. The van der Waals surface area contributed by atoms with Gasteiger partial charge in [0, 0.05) is 39.3 Å². The zero-order chi connectivity index (χ0) is 11.2. The third kappa shape index (κ3) is 11.8. The molecule has 0 aliphatic carbocycles. The predicted octanol–water partition coefficient (Wildman–Crippen LogP) is 0.202. The Morgan fingerprint density at radius 1 is 0.667 bits per heavy atom. The first kappa shape index (κ1) is 14.8. The summed E-state index contributed by atoms with van der Waals surface area (Å²) in [6, 6.07) is 0. The number of ether oxygens (including phenoxy) is 1. The Hall–Kier alpha value is -0.160. The highest BCUT2D eigenvalue weighted by molar-refractivity contribution is 4.59. The van der Waals surface area contributed by atoms with Crippen molar-refractivity contribution in [2.75, 3.05) is 52.5 Å². The van der Waals surface area contributed by atoms with Crippen molar-refractivity contribution in [2.45, 2.75) is 20.3 Å². The van der Waals surface area contributed by atoms with Gasteiger partial charge < -0.3 is 20.7 Å². The topological polar surface area (TPSA) is 45.3 Å². The van der Waals surface area contributed by atoms with E-state index in [-0.39, 0.29) is 0 Å². The molecule has 2 fully saturated rings. The highest BCUT2D eigenvalue weighted by atomic mass is 16.5. The Kier molecular flexibility index (Phi) is 13.7. The van der Waals surface area contributed by atoms with Gasteiger partial charge in [-0.3, -0.25) is 0 Å². The highest BCUT2D eigenvalue weighted by Gasteiger charge is 1.93. The first-order valence-electron chi connectivity index (χ1n) is 6.20. The van der Waals surface area contributed by atoms with E-state index in [2.05, 4.69) is 16.0 Å². The fourth-order valence-corrected chi connectivity index (χ4v) is 1.27. The SMILES string of the molecule is C1CNCCN1.C1CNCCOC1.CC. The molecule has 4 heteroatoms. The maximum atomic E-state index is 5.13. The standard InChI is InChI=1S/C5H11NO.C4H10N2.C2H6/c1-2-6-3-5-7-4-1;1-2-6-4-3-5-1;1-2/h6H,1-5H2;5-6H,1-4H2;1-2H3. The highest BCUT2D eigenvalue weighted by Crippen LogP contribution is 1.83. The van der Waals surface area contributed by atoms with Crippen LogP contribution < -0.4 is 16.0 Å².